The van der Waals surface area contributed by atoms with E-state index in [1.54, 1.807) is 12.1 Å². The van der Waals surface area contributed by atoms with Crippen LogP contribution in [0.15, 0.2) is 47.1 Å². The Labute approximate surface area is 145 Å². The molecule has 0 spiro atoms. The van der Waals surface area contributed by atoms with E-state index in [4.69, 9.17) is 16.0 Å². The fourth-order valence-corrected chi connectivity index (χ4v) is 3.01. The molecule has 1 aliphatic rings. The molecule has 1 fully saturated rings. The number of amides is 1. The van der Waals surface area contributed by atoms with Crippen molar-refractivity contribution in [1.29, 1.82) is 0 Å². The van der Waals surface area contributed by atoms with Crippen molar-refractivity contribution in [2.24, 2.45) is 0 Å². The Balaban J connectivity index is 1.47. The van der Waals surface area contributed by atoms with Crippen molar-refractivity contribution < 1.29 is 14.0 Å². The zero-order valence-electron chi connectivity index (χ0n) is 13.3. The summed E-state index contributed by atoms with van der Waals surface area (Å²) in [5, 5.41) is 0.711. The van der Waals surface area contributed by atoms with Crippen LogP contribution in [0.25, 0.3) is 0 Å². The average Bonchev–Trinajstić information content (AvgIpc) is 3.14. The molecule has 0 saturated carbocycles. The van der Waals surface area contributed by atoms with E-state index in [2.05, 4.69) is 4.90 Å². The highest BCUT2D eigenvalue weighted by molar-refractivity contribution is 6.30. The third-order valence-corrected chi connectivity index (χ3v) is 4.40. The minimum atomic E-state index is -0.133. The van der Waals surface area contributed by atoms with Crippen LogP contribution in [0.5, 0.6) is 0 Å². The van der Waals surface area contributed by atoms with E-state index in [0.717, 1.165) is 18.8 Å². The molecule has 1 amide bonds. The van der Waals surface area contributed by atoms with Gasteiger partial charge in [-0.2, -0.15) is 0 Å². The van der Waals surface area contributed by atoms with Gasteiger partial charge in [0.25, 0.3) is 0 Å². The number of nitrogens with zero attached hydrogens (tertiary/aromatic N) is 2. The maximum atomic E-state index is 12.3. The van der Waals surface area contributed by atoms with Crippen molar-refractivity contribution in [3.63, 3.8) is 0 Å². The number of hydrogen-bond acceptors (Lipinski definition) is 4. The second kappa shape index (κ2) is 7.53. The lowest BCUT2D eigenvalue weighted by Crippen LogP contribution is -2.48. The molecule has 24 heavy (non-hydrogen) atoms. The first-order valence-corrected chi connectivity index (χ1v) is 8.36. The summed E-state index contributed by atoms with van der Waals surface area (Å²) in [4.78, 5) is 28.2. The first-order chi connectivity index (χ1) is 11.6. The Morgan fingerprint density at radius 2 is 1.83 bits per heavy atom. The topological polar surface area (TPSA) is 53.8 Å². The minimum absolute atomic E-state index is 0.0145. The second-order valence-corrected chi connectivity index (χ2v) is 6.18. The highest BCUT2D eigenvalue weighted by Gasteiger charge is 2.22. The number of ketones is 1. The van der Waals surface area contributed by atoms with Crippen molar-refractivity contribution in [1.82, 2.24) is 4.90 Å². The normalized spacial score (nSPS) is 14.7. The van der Waals surface area contributed by atoms with Gasteiger partial charge in [0, 0.05) is 49.7 Å². The van der Waals surface area contributed by atoms with Crippen molar-refractivity contribution in [2.45, 2.75) is 12.8 Å². The van der Waals surface area contributed by atoms with Crippen LogP contribution in [0.3, 0.4) is 0 Å². The summed E-state index contributed by atoms with van der Waals surface area (Å²) in [5.74, 6) is 0.195. The Kier molecular flexibility index (Phi) is 5.20. The Morgan fingerprint density at radius 1 is 1.04 bits per heavy atom. The summed E-state index contributed by atoms with van der Waals surface area (Å²) in [7, 11) is 0. The number of rotatable bonds is 5. The number of piperazine rings is 1. The minimum Gasteiger partial charge on any atom is -0.461 e. The predicted octanol–water partition coefficient (Wildman–Crippen LogP) is 3.24. The molecule has 0 N–H and O–H groups in total. The van der Waals surface area contributed by atoms with Crippen LogP contribution in [0.2, 0.25) is 5.02 Å². The molecule has 1 aliphatic heterocycles. The van der Waals surface area contributed by atoms with E-state index in [-0.39, 0.29) is 24.5 Å². The zero-order chi connectivity index (χ0) is 16.9. The van der Waals surface area contributed by atoms with Gasteiger partial charge < -0.3 is 14.2 Å². The standard InChI is InChI=1S/C18H19ClN2O3/c19-14-3-1-4-15(13-14)20-8-10-21(11-9-20)18(23)7-6-16(22)17-5-2-12-24-17/h1-5,12-13H,6-11H2. The maximum absolute atomic E-state index is 12.3. The number of halogens is 1. The van der Waals surface area contributed by atoms with Gasteiger partial charge in [-0.15, -0.1) is 0 Å². The zero-order valence-corrected chi connectivity index (χ0v) is 14.0. The number of hydrogen-bond donors (Lipinski definition) is 0. The molecule has 1 aromatic carbocycles. The van der Waals surface area contributed by atoms with Crippen LogP contribution in [0.1, 0.15) is 23.4 Å². The quantitative estimate of drug-likeness (QED) is 0.780. The number of carbonyl (C=O) groups excluding carboxylic acids is 2. The average molecular weight is 347 g/mol. The van der Waals surface area contributed by atoms with Gasteiger partial charge >= 0.3 is 0 Å². The first-order valence-electron chi connectivity index (χ1n) is 7.98. The summed E-state index contributed by atoms with van der Waals surface area (Å²) >= 11 is 6.03. The van der Waals surface area contributed by atoms with Crippen LogP contribution in [-0.2, 0) is 4.79 Å². The van der Waals surface area contributed by atoms with Crippen molar-refractivity contribution >= 4 is 29.0 Å². The third-order valence-electron chi connectivity index (χ3n) is 4.17. The van der Waals surface area contributed by atoms with Crippen LogP contribution < -0.4 is 4.90 Å². The van der Waals surface area contributed by atoms with Gasteiger partial charge in [0.05, 0.1) is 6.26 Å². The van der Waals surface area contributed by atoms with Gasteiger partial charge in [0.15, 0.2) is 11.5 Å². The molecule has 3 rings (SSSR count). The van der Waals surface area contributed by atoms with E-state index in [1.165, 1.54) is 6.26 Å². The number of furan rings is 1. The molecule has 1 aromatic heterocycles. The van der Waals surface area contributed by atoms with Crippen molar-refractivity contribution in [3.05, 3.63) is 53.4 Å². The molecule has 1 saturated heterocycles. The summed E-state index contributed by atoms with van der Waals surface area (Å²) in [6.45, 7) is 2.83. The third kappa shape index (κ3) is 3.97. The van der Waals surface area contributed by atoms with Crippen LogP contribution in [0, 0.1) is 0 Å². The van der Waals surface area contributed by atoms with Crippen LogP contribution >= 0.6 is 11.6 Å². The van der Waals surface area contributed by atoms with Crippen molar-refractivity contribution in [2.75, 3.05) is 31.1 Å². The lowest BCUT2D eigenvalue weighted by molar-refractivity contribution is -0.131. The van der Waals surface area contributed by atoms with E-state index < -0.39 is 0 Å². The fraction of sp³-hybridized carbons (Fsp3) is 0.333. The lowest BCUT2D eigenvalue weighted by atomic mass is 10.1. The van der Waals surface area contributed by atoms with Gasteiger partial charge in [-0.25, -0.2) is 0 Å². The van der Waals surface area contributed by atoms with Gasteiger partial charge in [0.2, 0.25) is 5.91 Å². The smallest absolute Gasteiger partial charge is 0.223 e. The van der Waals surface area contributed by atoms with Crippen LogP contribution in [0.4, 0.5) is 5.69 Å². The molecule has 0 unspecified atom stereocenters. The fourth-order valence-electron chi connectivity index (χ4n) is 2.83. The molecule has 126 valence electrons. The monoisotopic (exact) mass is 346 g/mol. The number of benzene rings is 1. The highest BCUT2D eigenvalue weighted by atomic mass is 35.5. The summed E-state index contributed by atoms with van der Waals surface area (Å²) in [6.07, 6.45) is 1.86. The molecule has 6 heteroatoms. The number of carbonyl (C=O) groups is 2. The Morgan fingerprint density at radius 3 is 2.50 bits per heavy atom. The van der Waals surface area contributed by atoms with Crippen molar-refractivity contribution in [3.8, 4) is 0 Å². The van der Waals surface area contributed by atoms with E-state index in [9.17, 15) is 9.59 Å². The first kappa shape index (κ1) is 16.6. The Hall–Kier alpha value is -2.27. The summed E-state index contributed by atoms with van der Waals surface area (Å²) < 4.78 is 5.05. The number of anilines is 1. The second-order valence-electron chi connectivity index (χ2n) is 5.75. The van der Waals surface area contributed by atoms with E-state index >= 15 is 0 Å². The van der Waals surface area contributed by atoms with Gasteiger partial charge in [-0.3, -0.25) is 9.59 Å². The SMILES string of the molecule is O=C(CCC(=O)N1CCN(c2cccc(Cl)c2)CC1)c1ccco1. The van der Waals surface area contributed by atoms with Gasteiger partial charge in [-0.1, -0.05) is 17.7 Å². The summed E-state index contributed by atoms with van der Waals surface area (Å²) in [5.41, 5.74) is 1.07. The number of Topliss-reactive ketones (excluding diaryl/α,β-unsaturated/α-hetero) is 1. The lowest BCUT2D eigenvalue weighted by Gasteiger charge is -2.36. The van der Waals surface area contributed by atoms with Gasteiger partial charge in [0.1, 0.15) is 0 Å². The largest absolute Gasteiger partial charge is 0.461 e. The predicted molar refractivity (Wildman–Crippen MR) is 92.5 cm³/mol. The van der Waals surface area contributed by atoms with Gasteiger partial charge in [-0.05, 0) is 30.3 Å². The molecular formula is C18H19ClN2O3. The Bertz CT molecular complexity index is 707. The molecule has 2 aromatic rings. The molecular weight excluding hydrogens is 328 g/mol. The highest BCUT2D eigenvalue weighted by Crippen LogP contribution is 2.21. The van der Waals surface area contributed by atoms with E-state index in [1.807, 2.05) is 29.2 Å². The molecule has 0 radical (unpaired) electrons. The van der Waals surface area contributed by atoms with E-state index in [0.29, 0.717) is 23.9 Å². The summed E-state index contributed by atoms with van der Waals surface area (Å²) in [6, 6.07) is 11.0. The van der Waals surface area contributed by atoms with Crippen LogP contribution in [-0.4, -0.2) is 42.8 Å². The molecule has 0 bridgehead atoms. The maximum Gasteiger partial charge on any atom is 0.223 e. The molecule has 0 atom stereocenters. The molecule has 0 aliphatic carbocycles. The molecule has 5 nitrogen and oxygen atoms in total. The molecule has 2 heterocycles.